The van der Waals surface area contributed by atoms with Crippen molar-refractivity contribution in [2.45, 2.75) is 52.0 Å². The second-order valence-electron chi connectivity index (χ2n) is 6.36. The van der Waals surface area contributed by atoms with Gasteiger partial charge >= 0.3 is 5.97 Å². The Bertz CT molecular complexity index is 376. The fraction of sp³-hybridized carbons (Fsp3) is 0.867. The number of nitrogens with one attached hydrogen (secondary N) is 1. The molecule has 0 saturated heterocycles. The molecule has 0 radical (unpaired) electrons. The number of rotatable bonds is 3. The molecule has 4 nitrogen and oxygen atoms in total. The lowest BCUT2D eigenvalue weighted by atomic mass is 9.75. The van der Waals surface area contributed by atoms with Gasteiger partial charge in [0.25, 0.3) is 0 Å². The molecule has 1 heterocycles. The Hall–Kier alpha value is -0.710. The van der Waals surface area contributed by atoms with E-state index in [-0.39, 0.29) is 17.9 Å². The van der Waals surface area contributed by atoms with Crippen molar-refractivity contribution in [1.82, 2.24) is 5.32 Å². The largest absolute Gasteiger partial charge is 0.467 e. The van der Waals surface area contributed by atoms with Gasteiger partial charge in [-0.3, -0.25) is 4.99 Å². The van der Waals surface area contributed by atoms with Crippen LogP contribution in [0.5, 0.6) is 0 Å². The van der Waals surface area contributed by atoms with Crippen LogP contribution in [0.15, 0.2) is 4.99 Å². The normalized spacial score (nSPS) is 23.3. The number of ether oxygens (including phenoxy) is 1. The van der Waals surface area contributed by atoms with E-state index in [4.69, 9.17) is 9.73 Å². The van der Waals surface area contributed by atoms with Crippen molar-refractivity contribution in [2.75, 3.05) is 19.4 Å². The van der Waals surface area contributed by atoms with Crippen LogP contribution in [0.3, 0.4) is 0 Å². The van der Waals surface area contributed by atoms with E-state index < -0.39 is 0 Å². The second kappa shape index (κ2) is 6.83. The van der Waals surface area contributed by atoms with Crippen molar-refractivity contribution in [1.29, 1.82) is 0 Å². The van der Waals surface area contributed by atoms with Gasteiger partial charge in [-0.25, -0.2) is 4.79 Å². The zero-order valence-corrected chi connectivity index (χ0v) is 13.6. The van der Waals surface area contributed by atoms with Crippen molar-refractivity contribution in [2.24, 2.45) is 16.3 Å². The molecule has 0 aromatic carbocycles. The molecule has 0 aromatic rings. The first kappa shape index (κ1) is 15.7. The van der Waals surface area contributed by atoms with Crippen molar-refractivity contribution in [3.8, 4) is 0 Å². The molecule has 20 heavy (non-hydrogen) atoms. The summed E-state index contributed by atoms with van der Waals surface area (Å²) in [4.78, 5) is 16.5. The highest BCUT2D eigenvalue weighted by Gasteiger charge is 2.36. The summed E-state index contributed by atoms with van der Waals surface area (Å²) in [5.74, 6) is 1.11. The van der Waals surface area contributed by atoms with E-state index in [1.54, 1.807) is 11.8 Å². The summed E-state index contributed by atoms with van der Waals surface area (Å²) in [5.41, 5.74) is 0.423. The van der Waals surface area contributed by atoms with E-state index in [1.807, 2.05) is 13.8 Å². The summed E-state index contributed by atoms with van der Waals surface area (Å²) in [7, 11) is 1.44. The highest BCUT2D eigenvalue weighted by atomic mass is 32.2. The first-order chi connectivity index (χ1) is 9.56. The maximum atomic E-state index is 11.8. The molecule has 0 amide bonds. The minimum atomic E-state index is -0.299. The lowest BCUT2D eigenvalue weighted by Gasteiger charge is -2.39. The molecule has 0 aromatic heterocycles. The van der Waals surface area contributed by atoms with Crippen LogP contribution in [-0.2, 0) is 9.53 Å². The minimum absolute atomic E-state index is 0.191. The molecule has 1 spiro atoms. The molecule has 5 heteroatoms. The number of carbonyl (C=O) groups excluding carboxylic acids is 1. The van der Waals surface area contributed by atoms with Crippen molar-refractivity contribution in [3.63, 3.8) is 0 Å². The molecule has 2 rings (SSSR count). The maximum absolute atomic E-state index is 11.8. The summed E-state index contributed by atoms with van der Waals surface area (Å²) in [6.45, 7) is 4.95. The zero-order valence-electron chi connectivity index (χ0n) is 12.8. The predicted octanol–water partition coefficient (Wildman–Crippen LogP) is 2.83. The number of nitrogens with zero attached hydrogens (tertiary/aromatic N) is 1. The summed E-state index contributed by atoms with van der Waals surface area (Å²) in [5, 5.41) is 4.17. The van der Waals surface area contributed by atoms with Crippen molar-refractivity contribution >= 4 is 22.9 Å². The third-order valence-corrected chi connectivity index (χ3v) is 5.67. The average molecular weight is 298 g/mol. The number of amidine groups is 1. The van der Waals surface area contributed by atoms with Crippen LogP contribution in [0.4, 0.5) is 0 Å². The molecule has 1 atom stereocenters. The van der Waals surface area contributed by atoms with E-state index in [2.05, 4.69) is 5.32 Å². The van der Waals surface area contributed by atoms with Gasteiger partial charge in [-0.2, -0.15) is 0 Å². The second-order valence-corrected chi connectivity index (χ2v) is 7.32. The summed E-state index contributed by atoms with van der Waals surface area (Å²) >= 11 is 1.77. The van der Waals surface area contributed by atoms with Crippen LogP contribution >= 0.6 is 11.8 Å². The molecule has 0 bridgehead atoms. The third kappa shape index (κ3) is 3.68. The molecular weight excluding hydrogens is 272 g/mol. The van der Waals surface area contributed by atoms with Gasteiger partial charge in [-0.15, -0.1) is 0 Å². The van der Waals surface area contributed by atoms with Crippen molar-refractivity contribution < 1.29 is 9.53 Å². The van der Waals surface area contributed by atoms with Gasteiger partial charge in [-0.1, -0.05) is 44.9 Å². The average Bonchev–Trinajstić information content (AvgIpc) is 2.46. The standard InChI is InChI=1S/C15H26N2O2S/c1-11(2)12(13(18)19-3)17-14-16-9-15(10-20-14)7-5-4-6-8-15/h11-12H,4-10H2,1-3H3,(H,16,17). The molecule has 2 aliphatic rings. The van der Waals surface area contributed by atoms with E-state index in [0.29, 0.717) is 5.41 Å². The van der Waals surface area contributed by atoms with Gasteiger partial charge in [-0.05, 0) is 24.2 Å². The lowest BCUT2D eigenvalue weighted by Crippen LogP contribution is -2.46. The predicted molar refractivity (Wildman–Crippen MR) is 84.1 cm³/mol. The Kier molecular flexibility index (Phi) is 5.35. The summed E-state index contributed by atoms with van der Waals surface area (Å²) in [6, 6.07) is -0.299. The molecule has 1 aliphatic carbocycles. The number of hydrogen-bond donors (Lipinski definition) is 1. The lowest BCUT2D eigenvalue weighted by molar-refractivity contribution is -0.143. The van der Waals surface area contributed by atoms with E-state index in [1.165, 1.54) is 39.2 Å². The van der Waals surface area contributed by atoms with Crippen LogP contribution in [-0.4, -0.2) is 36.6 Å². The van der Waals surface area contributed by atoms with Crippen LogP contribution < -0.4 is 5.32 Å². The highest BCUT2D eigenvalue weighted by Crippen LogP contribution is 2.41. The number of methoxy groups -OCH3 is 1. The van der Waals surface area contributed by atoms with E-state index in [0.717, 1.165) is 17.5 Å². The van der Waals surface area contributed by atoms with Crippen molar-refractivity contribution in [3.05, 3.63) is 0 Å². The van der Waals surface area contributed by atoms with E-state index in [9.17, 15) is 4.79 Å². The van der Waals surface area contributed by atoms with Gasteiger partial charge in [0, 0.05) is 12.3 Å². The number of thioether (sulfide) groups is 1. The minimum Gasteiger partial charge on any atom is -0.467 e. The Morgan fingerprint density at radius 3 is 2.55 bits per heavy atom. The first-order valence-corrected chi connectivity index (χ1v) is 8.56. The number of hydrogen-bond acceptors (Lipinski definition) is 5. The summed E-state index contributed by atoms with van der Waals surface area (Å²) in [6.07, 6.45) is 6.67. The quantitative estimate of drug-likeness (QED) is 0.814. The van der Waals surface area contributed by atoms with Crippen LogP contribution in [0.1, 0.15) is 46.0 Å². The summed E-state index contributed by atoms with van der Waals surface area (Å²) < 4.78 is 4.86. The monoisotopic (exact) mass is 298 g/mol. The van der Waals surface area contributed by atoms with E-state index >= 15 is 0 Å². The molecule has 1 aliphatic heterocycles. The van der Waals surface area contributed by atoms with Gasteiger partial charge in [0.05, 0.1) is 7.11 Å². The first-order valence-electron chi connectivity index (χ1n) is 7.58. The molecule has 114 valence electrons. The Labute approximate surface area is 126 Å². The van der Waals surface area contributed by atoms with Gasteiger partial charge in [0.15, 0.2) is 5.17 Å². The molecule has 1 saturated carbocycles. The molecular formula is C15H26N2O2S. The van der Waals surface area contributed by atoms with Crippen LogP contribution in [0.2, 0.25) is 0 Å². The topological polar surface area (TPSA) is 50.7 Å². The smallest absolute Gasteiger partial charge is 0.328 e. The fourth-order valence-corrected chi connectivity index (χ4v) is 4.19. The molecule has 1 fully saturated rings. The maximum Gasteiger partial charge on any atom is 0.328 e. The zero-order chi connectivity index (χ0) is 14.6. The fourth-order valence-electron chi connectivity index (χ4n) is 3.00. The van der Waals surface area contributed by atoms with Crippen LogP contribution in [0.25, 0.3) is 0 Å². The Morgan fingerprint density at radius 2 is 2.05 bits per heavy atom. The van der Waals surface area contributed by atoms with Gasteiger partial charge in [0.2, 0.25) is 0 Å². The van der Waals surface area contributed by atoms with Gasteiger partial charge < -0.3 is 10.1 Å². The highest BCUT2D eigenvalue weighted by molar-refractivity contribution is 8.13. The number of esters is 1. The Balaban J connectivity index is 1.95. The SMILES string of the molecule is COC(=O)C(NC1=NCC2(CCCCC2)CS1)C(C)C. The molecule has 1 N–H and O–H groups in total. The number of aliphatic imine (C=N–C) groups is 1. The number of carbonyl (C=O) groups is 1. The third-order valence-electron chi connectivity index (χ3n) is 4.39. The Morgan fingerprint density at radius 1 is 1.35 bits per heavy atom. The molecule has 1 unspecified atom stereocenters. The van der Waals surface area contributed by atoms with Crippen LogP contribution in [0, 0.1) is 11.3 Å². The van der Waals surface area contributed by atoms with Gasteiger partial charge in [0.1, 0.15) is 6.04 Å².